The Kier molecular flexibility index (Phi) is 5.95. The van der Waals surface area contributed by atoms with Gasteiger partial charge < -0.3 is 5.73 Å². The Balaban J connectivity index is 2.17. The van der Waals surface area contributed by atoms with E-state index in [9.17, 15) is 16.8 Å². The lowest BCUT2D eigenvalue weighted by molar-refractivity contribution is 0.290. The van der Waals surface area contributed by atoms with Gasteiger partial charge in [-0.05, 0) is 51.0 Å². The Labute approximate surface area is 167 Å². The van der Waals surface area contributed by atoms with Gasteiger partial charge in [0.1, 0.15) is 0 Å². The lowest BCUT2D eigenvalue weighted by Gasteiger charge is -2.36. The number of sulfonamides is 2. The summed E-state index contributed by atoms with van der Waals surface area (Å²) in [7, 11) is -8.60. The molecule has 0 aliphatic heterocycles. The van der Waals surface area contributed by atoms with Crippen molar-refractivity contribution in [2.45, 2.75) is 61.4 Å². The second-order valence-electron chi connectivity index (χ2n) is 7.38. The molecule has 2 N–H and O–H groups in total. The first-order chi connectivity index (χ1) is 13.1. The summed E-state index contributed by atoms with van der Waals surface area (Å²) in [5, 5.41) is 0. The van der Waals surface area contributed by atoms with Crippen LogP contribution in [0.4, 0.5) is 0 Å². The Morgan fingerprint density at radius 3 is 1.54 bits per heavy atom. The highest BCUT2D eigenvalue weighted by Crippen LogP contribution is 2.33. The van der Waals surface area contributed by atoms with Crippen LogP contribution in [-0.2, 0) is 20.0 Å². The number of hydrogen-bond acceptors (Lipinski definition) is 5. The van der Waals surface area contributed by atoms with E-state index in [2.05, 4.69) is 0 Å². The molecule has 0 spiro atoms. The third-order valence-electron chi connectivity index (χ3n) is 5.16. The smallest absolute Gasteiger partial charge is 0.256 e. The normalized spacial score (nSPS) is 21.0. The lowest BCUT2D eigenvalue weighted by Crippen LogP contribution is -2.54. The summed E-state index contributed by atoms with van der Waals surface area (Å²) in [5.74, 6) is 0. The van der Waals surface area contributed by atoms with E-state index >= 15 is 0 Å². The molecule has 0 bridgehead atoms. The third-order valence-corrected chi connectivity index (χ3v) is 9.57. The lowest BCUT2D eigenvalue weighted by atomic mass is 9.92. The van der Waals surface area contributed by atoms with Gasteiger partial charge in [0.05, 0.1) is 15.8 Å². The van der Waals surface area contributed by atoms with Crippen LogP contribution in [-0.4, -0.2) is 32.6 Å². The predicted octanol–water partition coefficient (Wildman–Crippen LogP) is 2.95. The fourth-order valence-corrected chi connectivity index (χ4v) is 7.68. The summed E-state index contributed by atoms with van der Waals surface area (Å²) in [6.07, 6.45) is 2.60. The van der Waals surface area contributed by atoms with E-state index in [1.165, 1.54) is 24.3 Å². The highest BCUT2D eigenvalue weighted by Gasteiger charge is 2.44. The predicted molar refractivity (Wildman–Crippen MR) is 109 cm³/mol. The van der Waals surface area contributed by atoms with Crippen LogP contribution in [0.5, 0.6) is 0 Å². The molecule has 3 rings (SSSR count). The molecule has 2 aromatic rings. The van der Waals surface area contributed by atoms with Gasteiger partial charge >= 0.3 is 0 Å². The van der Waals surface area contributed by atoms with E-state index in [0.717, 1.165) is 24.0 Å². The number of rotatable bonds is 5. The summed E-state index contributed by atoms with van der Waals surface area (Å²) in [6, 6.07) is 11.1. The van der Waals surface area contributed by atoms with Crippen molar-refractivity contribution in [2.75, 3.05) is 0 Å². The number of nitrogens with two attached hydrogens (primary N) is 1. The highest BCUT2D eigenvalue weighted by molar-refractivity contribution is 8.04. The van der Waals surface area contributed by atoms with Crippen molar-refractivity contribution in [1.82, 2.24) is 3.71 Å². The second-order valence-corrected chi connectivity index (χ2v) is 11.2. The van der Waals surface area contributed by atoms with Crippen molar-refractivity contribution < 1.29 is 16.8 Å². The largest absolute Gasteiger partial charge is 0.326 e. The molecule has 0 radical (unpaired) electrons. The topological polar surface area (TPSA) is 97.5 Å². The number of nitrogens with zero attached hydrogens (tertiary/aromatic N) is 1. The van der Waals surface area contributed by atoms with Gasteiger partial charge in [0.15, 0.2) is 0 Å². The van der Waals surface area contributed by atoms with Gasteiger partial charge in [0.2, 0.25) is 0 Å². The molecular weight excluding hydrogens is 396 g/mol. The zero-order valence-corrected chi connectivity index (χ0v) is 17.7. The average molecular weight is 423 g/mol. The van der Waals surface area contributed by atoms with Crippen molar-refractivity contribution in [3.8, 4) is 0 Å². The van der Waals surface area contributed by atoms with E-state index in [0.29, 0.717) is 16.6 Å². The molecule has 2 aromatic carbocycles. The summed E-state index contributed by atoms with van der Waals surface area (Å²) in [4.78, 5) is -0.0990. The van der Waals surface area contributed by atoms with E-state index in [4.69, 9.17) is 5.73 Å². The van der Waals surface area contributed by atoms with Gasteiger partial charge in [-0.25, -0.2) is 16.8 Å². The fraction of sp³-hybridized carbons (Fsp3) is 0.400. The maximum absolute atomic E-state index is 13.5. The van der Waals surface area contributed by atoms with Crippen LogP contribution in [0.3, 0.4) is 0 Å². The third kappa shape index (κ3) is 4.00. The molecule has 1 aliphatic rings. The number of hydrogen-bond donors (Lipinski definition) is 1. The van der Waals surface area contributed by atoms with E-state index in [-0.39, 0.29) is 9.79 Å². The molecular formula is C20H26N2O4S2. The van der Waals surface area contributed by atoms with Crippen LogP contribution < -0.4 is 5.73 Å². The highest BCUT2D eigenvalue weighted by atomic mass is 32.3. The minimum absolute atomic E-state index is 0.0495. The molecule has 1 fully saturated rings. The molecule has 2 atom stereocenters. The number of aryl methyl sites for hydroxylation is 2. The van der Waals surface area contributed by atoms with Gasteiger partial charge in [-0.15, -0.1) is 0 Å². The molecule has 28 heavy (non-hydrogen) atoms. The van der Waals surface area contributed by atoms with Gasteiger partial charge in [0.25, 0.3) is 20.0 Å². The molecule has 6 nitrogen and oxygen atoms in total. The van der Waals surface area contributed by atoms with Gasteiger partial charge in [-0.3, -0.25) is 0 Å². The molecule has 0 aromatic heterocycles. The van der Waals surface area contributed by atoms with Crippen molar-refractivity contribution >= 4 is 20.0 Å². The molecule has 2 unspecified atom stereocenters. The summed E-state index contributed by atoms with van der Waals surface area (Å²) >= 11 is 0. The molecule has 1 saturated carbocycles. The van der Waals surface area contributed by atoms with E-state index in [1.807, 2.05) is 13.8 Å². The maximum Gasteiger partial charge on any atom is 0.256 e. The SMILES string of the molecule is Cc1ccc(S(=O)(=O)N(C2CCCCC2N)S(=O)(=O)c2ccc(C)cc2)cc1. The Morgan fingerprint density at radius 2 is 1.14 bits per heavy atom. The standard InChI is InChI=1S/C20H26N2O4S2/c1-15-7-11-17(12-8-15)27(23,24)22(20-6-4-3-5-19(20)21)28(25,26)18-13-9-16(2)10-14-18/h7-14,19-20H,3-6,21H2,1-2H3. The van der Waals surface area contributed by atoms with Gasteiger partial charge in [0, 0.05) is 6.04 Å². The molecule has 8 heteroatoms. The monoisotopic (exact) mass is 422 g/mol. The average Bonchev–Trinajstić information content (AvgIpc) is 2.64. The van der Waals surface area contributed by atoms with Crippen LogP contribution in [0.1, 0.15) is 36.8 Å². The molecule has 0 amide bonds. The first-order valence-electron chi connectivity index (χ1n) is 9.32. The van der Waals surface area contributed by atoms with Crippen molar-refractivity contribution in [2.24, 2.45) is 5.73 Å². The second kappa shape index (κ2) is 7.94. The Hall–Kier alpha value is -1.74. The Bertz CT molecular complexity index is 955. The zero-order chi connectivity index (χ0) is 20.5. The van der Waals surface area contributed by atoms with Crippen LogP contribution in [0.2, 0.25) is 0 Å². The molecule has 0 saturated heterocycles. The first kappa shape index (κ1) is 21.0. The molecule has 0 heterocycles. The van der Waals surface area contributed by atoms with Crippen molar-refractivity contribution in [3.05, 3.63) is 59.7 Å². The minimum Gasteiger partial charge on any atom is -0.326 e. The minimum atomic E-state index is -4.30. The van der Waals surface area contributed by atoms with Crippen molar-refractivity contribution in [3.63, 3.8) is 0 Å². The van der Waals surface area contributed by atoms with Gasteiger partial charge in [-0.2, -0.15) is 0 Å². The molecule has 1 aliphatic carbocycles. The van der Waals surface area contributed by atoms with Crippen molar-refractivity contribution in [1.29, 1.82) is 0 Å². The summed E-state index contributed by atoms with van der Waals surface area (Å²) in [5.41, 5.74) is 7.99. The zero-order valence-electron chi connectivity index (χ0n) is 16.1. The quantitative estimate of drug-likeness (QED) is 0.799. The van der Waals surface area contributed by atoms with E-state index < -0.39 is 32.1 Å². The van der Waals surface area contributed by atoms with Crippen LogP contribution >= 0.6 is 0 Å². The van der Waals surface area contributed by atoms with Gasteiger partial charge in [-0.1, -0.05) is 51.9 Å². The fourth-order valence-electron chi connectivity index (χ4n) is 3.52. The first-order valence-corrected chi connectivity index (χ1v) is 12.2. The van der Waals surface area contributed by atoms with Crippen LogP contribution in [0, 0.1) is 13.8 Å². The summed E-state index contributed by atoms with van der Waals surface area (Å²) < 4.78 is 54.5. The van der Waals surface area contributed by atoms with Crippen LogP contribution in [0.25, 0.3) is 0 Å². The Morgan fingerprint density at radius 1 is 0.750 bits per heavy atom. The summed E-state index contributed by atoms with van der Waals surface area (Å²) in [6.45, 7) is 3.68. The van der Waals surface area contributed by atoms with Crippen LogP contribution in [0.15, 0.2) is 58.3 Å². The number of benzene rings is 2. The maximum atomic E-state index is 13.5. The van der Waals surface area contributed by atoms with E-state index in [1.54, 1.807) is 24.3 Å². The molecule has 152 valence electrons.